The van der Waals surface area contributed by atoms with Crippen LogP contribution in [0, 0.1) is 0 Å². The third kappa shape index (κ3) is 2.97. The summed E-state index contributed by atoms with van der Waals surface area (Å²) in [5, 5.41) is 11.4. The minimum atomic E-state index is -1.25. The predicted molar refractivity (Wildman–Crippen MR) is 85.2 cm³/mol. The van der Waals surface area contributed by atoms with Crippen molar-refractivity contribution in [3.63, 3.8) is 0 Å². The minimum Gasteiger partial charge on any atom is -0.545 e. The maximum atomic E-state index is 11.4. The van der Waals surface area contributed by atoms with Crippen LogP contribution in [-0.4, -0.2) is 33.7 Å². The predicted octanol–water partition coefficient (Wildman–Crippen LogP) is -1.30. The first-order chi connectivity index (χ1) is 11.3. The molecule has 1 saturated carbocycles. The molecule has 2 bridgehead atoms. The zero-order valence-corrected chi connectivity index (χ0v) is 15.2. The van der Waals surface area contributed by atoms with Crippen LogP contribution in [0.15, 0.2) is 18.5 Å². The Morgan fingerprint density at radius 1 is 1.40 bits per heavy atom. The Morgan fingerprint density at radius 3 is 2.68 bits per heavy atom. The standard InChI is InChI=1S/C18H22N2O4.Li/c1-11(2)24-13-6-15-19-14(8-20(15)7-12(13)16(21)22)18-5-4-17(3,9-18)23-10-18;/h6-8,11H,4-5,9-10H2,1-3H3,(H,21,22);/q;+1/p-1. The van der Waals surface area contributed by atoms with E-state index in [1.807, 2.05) is 20.0 Å². The maximum Gasteiger partial charge on any atom is 1.00 e. The first kappa shape index (κ1) is 18.3. The van der Waals surface area contributed by atoms with Crippen molar-refractivity contribution in [2.45, 2.75) is 57.2 Å². The molecule has 1 aliphatic carbocycles. The Labute approximate surface area is 158 Å². The Hall–Kier alpha value is -1.48. The number of carbonyl (C=O) groups excluding carboxylic acids is 1. The summed E-state index contributed by atoms with van der Waals surface area (Å²) in [5.41, 5.74) is 1.59. The quantitative estimate of drug-likeness (QED) is 0.649. The third-order valence-corrected chi connectivity index (χ3v) is 5.22. The van der Waals surface area contributed by atoms with Gasteiger partial charge in [-0.2, -0.15) is 0 Å². The summed E-state index contributed by atoms with van der Waals surface area (Å²) in [6.45, 7) is 6.54. The molecule has 1 aliphatic heterocycles. The van der Waals surface area contributed by atoms with Crippen LogP contribution in [0.4, 0.5) is 0 Å². The number of carboxylic acid groups (broad SMARTS) is 1. The molecule has 25 heavy (non-hydrogen) atoms. The van der Waals surface area contributed by atoms with Gasteiger partial charge in [0.15, 0.2) is 0 Å². The van der Waals surface area contributed by atoms with Crippen LogP contribution in [-0.2, 0) is 10.2 Å². The Morgan fingerprint density at radius 2 is 2.16 bits per heavy atom. The van der Waals surface area contributed by atoms with Gasteiger partial charge in [-0.3, -0.25) is 0 Å². The number of ether oxygens (including phenoxy) is 2. The van der Waals surface area contributed by atoms with Gasteiger partial charge >= 0.3 is 18.9 Å². The zero-order chi connectivity index (χ0) is 17.1. The van der Waals surface area contributed by atoms with Crippen molar-refractivity contribution in [3.8, 4) is 5.75 Å². The van der Waals surface area contributed by atoms with Gasteiger partial charge in [0, 0.05) is 23.9 Å². The largest absolute Gasteiger partial charge is 1.00 e. The summed E-state index contributed by atoms with van der Waals surface area (Å²) < 4.78 is 13.3. The van der Waals surface area contributed by atoms with Crippen LogP contribution in [0.5, 0.6) is 5.75 Å². The third-order valence-electron chi connectivity index (χ3n) is 5.22. The molecule has 0 N–H and O–H groups in total. The van der Waals surface area contributed by atoms with E-state index in [2.05, 4.69) is 6.92 Å². The van der Waals surface area contributed by atoms with Crippen molar-refractivity contribution >= 4 is 11.6 Å². The first-order valence-corrected chi connectivity index (χ1v) is 8.36. The number of aromatic nitrogens is 2. The van der Waals surface area contributed by atoms with Crippen molar-refractivity contribution in [1.82, 2.24) is 9.38 Å². The number of rotatable bonds is 4. The number of hydrogen-bond donors (Lipinski definition) is 0. The van der Waals surface area contributed by atoms with Crippen molar-refractivity contribution in [3.05, 3.63) is 29.7 Å². The van der Waals surface area contributed by atoms with Crippen LogP contribution in [0.1, 0.15) is 56.1 Å². The van der Waals surface area contributed by atoms with Gasteiger partial charge in [0.25, 0.3) is 0 Å². The Bertz CT molecular complexity index is 822. The van der Waals surface area contributed by atoms with Crippen LogP contribution in [0.2, 0.25) is 0 Å². The van der Waals surface area contributed by atoms with Gasteiger partial charge in [0.05, 0.1) is 35.5 Å². The number of carboxylic acids is 1. The Kier molecular flexibility index (Phi) is 4.43. The molecule has 2 aliphatic rings. The molecule has 7 heteroatoms. The Balaban J connectivity index is 0.00000182. The van der Waals surface area contributed by atoms with E-state index in [9.17, 15) is 9.90 Å². The number of fused-ring (bicyclic) bond motifs is 3. The van der Waals surface area contributed by atoms with Gasteiger partial charge < -0.3 is 23.8 Å². The molecular weight excluding hydrogens is 315 g/mol. The van der Waals surface area contributed by atoms with E-state index in [4.69, 9.17) is 14.5 Å². The van der Waals surface area contributed by atoms with E-state index in [0.29, 0.717) is 18.0 Å². The summed E-state index contributed by atoms with van der Waals surface area (Å²) in [6, 6.07) is 1.68. The average molecular weight is 336 g/mol. The van der Waals surface area contributed by atoms with Crippen molar-refractivity contribution < 1.29 is 38.2 Å². The van der Waals surface area contributed by atoms with Crippen LogP contribution >= 0.6 is 0 Å². The fourth-order valence-electron chi connectivity index (χ4n) is 4.02. The molecule has 1 saturated heterocycles. The molecular formula is C18H21LiN2O4. The zero-order valence-electron chi connectivity index (χ0n) is 15.2. The van der Waals surface area contributed by atoms with Gasteiger partial charge in [-0.05, 0) is 40.0 Å². The molecule has 2 aromatic heterocycles. The summed E-state index contributed by atoms with van der Waals surface area (Å²) >= 11 is 0. The number of imidazole rings is 1. The van der Waals surface area contributed by atoms with E-state index in [1.165, 1.54) is 6.20 Å². The fraction of sp³-hybridized carbons (Fsp3) is 0.556. The first-order valence-electron chi connectivity index (χ1n) is 8.36. The fourth-order valence-corrected chi connectivity index (χ4v) is 4.02. The van der Waals surface area contributed by atoms with Gasteiger partial charge in [-0.1, -0.05) is 0 Å². The molecule has 6 nitrogen and oxygen atoms in total. The van der Waals surface area contributed by atoms with Gasteiger partial charge in [-0.25, -0.2) is 4.98 Å². The van der Waals surface area contributed by atoms with E-state index in [-0.39, 0.29) is 41.5 Å². The van der Waals surface area contributed by atoms with Crippen LogP contribution < -0.4 is 28.7 Å². The van der Waals surface area contributed by atoms with E-state index < -0.39 is 5.97 Å². The molecule has 0 aromatic carbocycles. The SMILES string of the molecule is CC(C)Oc1cc2nc(C34CCC(C)(C3)OC4)cn2cc1C(=O)[O-].[Li+]. The monoisotopic (exact) mass is 336 g/mol. The molecule has 2 aromatic rings. The number of aromatic carboxylic acids is 1. The van der Waals surface area contributed by atoms with Gasteiger partial charge in [-0.15, -0.1) is 0 Å². The van der Waals surface area contributed by atoms with Crippen molar-refractivity contribution in [1.29, 1.82) is 0 Å². The molecule has 3 heterocycles. The summed E-state index contributed by atoms with van der Waals surface area (Å²) in [4.78, 5) is 16.2. The smallest absolute Gasteiger partial charge is 0.545 e. The topological polar surface area (TPSA) is 75.9 Å². The average Bonchev–Trinajstić information content (AvgIpc) is 3.15. The summed E-state index contributed by atoms with van der Waals surface area (Å²) in [5.74, 6) is -0.954. The molecule has 0 radical (unpaired) electrons. The minimum absolute atomic E-state index is 0. The van der Waals surface area contributed by atoms with Crippen molar-refractivity contribution in [2.24, 2.45) is 0 Å². The van der Waals surface area contributed by atoms with Gasteiger partial charge in [0.2, 0.25) is 0 Å². The molecule has 2 fully saturated rings. The van der Waals surface area contributed by atoms with E-state index in [1.54, 1.807) is 10.5 Å². The van der Waals surface area contributed by atoms with E-state index >= 15 is 0 Å². The van der Waals surface area contributed by atoms with E-state index in [0.717, 1.165) is 25.0 Å². The second kappa shape index (κ2) is 6.05. The molecule has 4 rings (SSSR count). The van der Waals surface area contributed by atoms with Crippen LogP contribution in [0.25, 0.3) is 5.65 Å². The number of pyridine rings is 1. The van der Waals surface area contributed by atoms with Crippen LogP contribution in [0.3, 0.4) is 0 Å². The molecule has 0 amide bonds. The molecule has 0 spiro atoms. The normalized spacial score (nSPS) is 27.7. The van der Waals surface area contributed by atoms with Crippen molar-refractivity contribution in [2.75, 3.05) is 6.61 Å². The molecule has 2 atom stereocenters. The number of nitrogens with zero attached hydrogens (tertiary/aromatic N) is 2. The summed E-state index contributed by atoms with van der Waals surface area (Å²) in [6.07, 6.45) is 6.37. The number of carbonyl (C=O) groups is 1. The maximum absolute atomic E-state index is 11.4. The molecule has 128 valence electrons. The van der Waals surface area contributed by atoms with Gasteiger partial charge in [0.1, 0.15) is 11.4 Å². The number of hydrogen-bond acceptors (Lipinski definition) is 5. The second-order valence-corrected chi connectivity index (χ2v) is 7.59. The molecule has 2 unspecified atom stereocenters. The summed E-state index contributed by atoms with van der Waals surface area (Å²) in [7, 11) is 0. The second-order valence-electron chi connectivity index (χ2n) is 7.59.